The van der Waals surface area contributed by atoms with E-state index >= 15 is 0 Å². The zero-order valence-electron chi connectivity index (χ0n) is 35.5. The summed E-state index contributed by atoms with van der Waals surface area (Å²) >= 11 is 0. The van der Waals surface area contributed by atoms with E-state index in [1.54, 1.807) is 0 Å². The Balaban J connectivity index is 0.988. The second kappa shape index (κ2) is 13.2. The van der Waals surface area contributed by atoms with Gasteiger partial charge in [0.1, 0.15) is 5.75 Å². The van der Waals surface area contributed by atoms with Crippen molar-refractivity contribution in [3.63, 3.8) is 0 Å². The van der Waals surface area contributed by atoms with Crippen molar-refractivity contribution in [2.24, 2.45) is 23.7 Å². The quantitative estimate of drug-likeness (QED) is 0.172. The van der Waals surface area contributed by atoms with Crippen molar-refractivity contribution in [2.45, 2.75) is 88.9 Å². The minimum absolute atomic E-state index is 0.00991. The Morgan fingerprint density at radius 3 is 1.73 bits per heavy atom. The van der Waals surface area contributed by atoms with Crippen molar-refractivity contribution in [1.29, 1.82) is 0 Å². The summed E-state index contributed by atoms with van der Waals surface area (Å²) in [6.07, 6.45) is 9.19. The molecule has 0 saturated heterocycles. The zero-order valence-corrected chi connectivity index (χ0v) is 35.5. The van der Waals surface area contributed by atoms with Gasteiger partial charge in [0.15, 0.2) is 5.75 Å². The fourth-order valence-electron chi connectivity index (χ4n) is 13.3. The van der Waals surface area contributed by atoms with Crippen molar-refractivity contribution in [3.8, 4) is 33.8 Å². The topological polar surface area (TPSA) is 12.5 Å². The van der Waals surface area contributed by atoms with Crippen LogP contribution in [0.5, 0.6) is 11.5 Å². The molecule has 7 aromatic rings. The lowest BCUT2D eigenvalue weighted by atomic mass is 9.42. The van der Waals surface area contributed by atoms with E-state index < -0.39 is 0 Å². The molecule has 1 heterocycles. The van der Waals surface area contributed by atoms with Crippen LogP contribution in [0.15, 0.2) is 152 Å². The molecule has 0 atom stereocenters. The molecule has 60 heavy (non-hydrogen) atoms. The summed E-state index contributed by atoms with van der Waals surface area (Å²) in [7, 11) is 0. The van der Waals surface area contributed by atoms with Gasteiger partial charge in [-0.3, -0.25) is 0 Å². The van der Waals surface area contributed by atoms with E-state index in [9.17, 15) is 0 Å². The molecule has 6 aliphatic rings. The molecule has 4 bridgehead atoms. The van der Waals surface area contributed by atoms with Crippen molar-refractivity contribution >= 4 is 27.8 Å². The molecular weight excluding hydrogens is 727 g/mol. The Morgan fingerprint density at radius 2 is 1.02 bits per heavy atom. The van der Waals surface area contributed by atoms with Crippen LogP contribution < -0.4 is 9.64 Å². The van der Waals surface area contributed by atoms with Gasteiger partial charge in [-0.2, -0.15) is 0 Å². The van der Waals surface area contributed by atoms with E-state index in [4.69, 9.17) is 4.74 Å². The van der Waals surface area contributed by atoms with Gasteiger partial charge in [0.2, 0.25) is 0 Å². The Hall–Kier alpha value is -5.60. The van der Waals surface area contributed by atoms with Crippen LogP contribution in [0, 0.1) is 23.7 Å². The first kappa shape index (κ1) is 36.3. The number of para-hydroxylation sites is 2. The lowest BCUT2D eigenvalue weighted by Gasteiger charge is -2.63. The number of rotatable bonds is 5. The first-order chi connectivity index (χ1) is 29.2. The van der Waals surface area contributed by atoms with E-state index in [2.05, 4.69) is 184 Å². The van der Waals surface area contributed by atoms with Crippen LogP contribution in [0.2, 0.25) is 0 Å². The maximum absolute atomic E-state index is 7.27. The number of anilines is 3. The molecular formula is C58H55NO. The monoisotopic (exact) mass is 781 g/mol. The Bertz CT molecular complexity index is 2780. The largest absolute Gasteiger partial charge is 0.455 e. The molecule has 4 fully saturated rings. The van der Waals surface area contributed by atoms with Gasteiger partial charge in [0.05, 0.1) is 5.69 Å². The van der Waals surface area contributed by atoms with E-state index in [1.165, 1.54) is 106 Å². The summed E-state index contributed by atoms with van der Waals surface area (Å²) in [5.74, 6) is 5.18. The van der Waals surface area contributed by atoms with E-state index in [0.29, 0.717) is 11.8 Å². The summed E-state index contributed by atoms with van der Waals surface area (Å²) in [5, 5.41) is 2.54. The molecule has 2 nitrogen and oxygen atoms in total. The fourth-order valence-corrected chi connectivity index (χ4v) is 13.3. The van der Waals surface area contributed by atoms with Gasteiger partial charge in [-0.15, -0.1) is 0 Å². The number of fused-ring (bicyclic) bond motifs is 4. The molecule has 1 aliphatic heterocycles. The molecule has 298 valence electrons. The Kier molecular flexibility index (Phi) is 7.98. The van der Waals surface area contributed by atoms with Gasteiger partial charge in [0, 0.05) is 27.9 Å². The number of benzene rings is 7. The summed E-state index contributed by atoms with van der Waals surface area (Å²) in [4.78, 5) is 2.51. The molecule has 0 radical (unpaired) electrons. The summed E-state index contributed by atoms with van der Waals surface area (Å²) in [5.41, 5.74) is 14.4. The van der Waals surface area contributed by atoms with Crippen LogP contribution in [0.4, 0.5) is 17.1 Å². The molecule has 2 heteroatoms. The van der Waals surface area contributed by atoms with Gasteiger partial charge in [-0.1, -0.05) is 137 Å². The van der Waals surface area contributed by atoms with E-state index in [-0.39, 0.29) is 16.2 Å². The molecule has 1 spiro atoms. The Labute approximate surface area is 356 Å². The number of hydrogen-bond acceptors (Lipinski definition) is 2. The molecule has 0 unspecified atom stereocenters. The lowest BCUT2D eigenvalue weighted by molar-refractivity contribution is -0.0451. The summed E-state index contributed by atoms with van der Waals surface area (Å²) in [6, 6.07) is 57.2. The minimum Gasteiger partial charge on any atom is -0.455 e. The van der Waals surface area contributed by atoms with Crippen LogP contribution >= 0.6 is 0 Å². The number of nitrogens with zero attached hydrogens (tertiary/aromatic N) is 1. The van der Waals surface area contributed by atoms with Crippen molar-refractivity contribution in [1.82, 2.24) is 0 Å². The third-order valence-electron chi connectivity index (χ3n) is 16.2. The second-order valence-electron chi connectivity index (χ2n) is 20.4. The summed E-state index contributed by atoms with van der Waals surface area (Å²) in [6.45, 7) is 9.73. The lowest BCUT2D eigenvalue weighted by Crippen LogP contribution is -2.57. The highest BCUT2D eigenvalue weighted by atomic mass is 16.5. The van der Waals surface area contributed by atoms with E-state index in [1.807, 2.05) is 0 Å². The first-order valence-electron chi connectivity index (χ1n) is 22.7. The highest BCUT2D eigenvalue weighted by Crippen LogP contribution is 2.69. The van der Waals surface area contributed by atoms with Crippen molar-refractivity contribution < 1.29 is 4.74 Å². The number of hydrogen-bond donors (Lipinski definition) is 0. The minimum atomic E-state index is -0.00991. The average Bonchev–Trinajstić information content (AvgIpc) is 3.27. The van der Waals surface area contributed by atoms with Gasteiger partial charge in [0.25, 0.3) is 0 Å². The molecule has 7 aromatic carbocycles. The van der Waals surface area contributed by atoms with Crippen molar-refractivity contribution in [3.05, 3.63) is 174 Å². The van der Waals surface area contributed by atoms with Gasteiger partial charge in [-0.25, -0.2) is 0 Å². The summed E-state index contributed by atoms with van der Waals surface area (Å²) < 4.78 is 7.27. The van der Waals surface area contributed by atoms with Crippen LogP contribution in [0.1, 0.15) is 94.9 Å². The molecule has 0 N–H and O–H groups in total. The predicted octanol–water partition coefficient (Wildman–Crippen LogP) is 15.8. The van der Waals surface area contributed by atoms with Gasteiger partial charge < -0.3 is 9.64 Å². The molecule has 13 rings (SSSR count). The molecule has 0 aromatic heterocycles. The molecule has 4 saturated carbocycles. The molecule has 5 aliphatic carbocycles. The highest BCUT2D eigenvalue weighted by molar-refractivity contribution is 5.88. The Morgan fingerprint density at radius 1 is 0.450 bits per heavy atom. The normalized spacial score (nSPS) is 25.0. The number of ether oxygens (including phenoxy) is 1. The van der Waals surface area contributed by atoms with Crippen molar-refractivity contribution in [2.75, 3.05) is 4.90 Å². The third-order valence-corrected chi connectivity index (χ3v) is 16.2. The van der Waals surface area contributed by atoms with E-state index in [0.717, 1.165) is 34.7 Å². The van der Waals surface area contributed by atoms with Gasteiger partial charge in [-0.05, 0) is 166 Å². The fraction of sp³-hybridized carbons (Fsp3) is 0.310. The van der Waals surface area contributed by atoms with Crippen LogP contribution in [-0.2, 0) is 16.2 Å². The second-order valence-corrected chi connectivity index (χ2v) is 20.4. The predicted molar refractivity (Wildman–Crippen MR) is 249 cm³/mol. The first-order valence-corrected chi connectivity index (χ1v) is 22.7. The third kappa shape index (κ3) is 5.45. The zero-order chi connectivity index (χ0) is 40.4. The average molecular weight is 782 g/mol. The SMILES string of the molecule is CC1(C)CCC(C)(C)c2cc(N(c3ccc(-c4ccc(-c5ccc6ccccc6c5)cc4)cc3)c3cccc4c3Oc3ccccc3C43C4CC5CC(C4)CC3C5)ccc21. The van der Waals surface area contributed by atoms with Crippen LogP contribution in [-0.4, -0.2) is 0 Å². The maximum atomic E-state index is 7.27. The van der Waals surface area contributed by atoms with Gasteiger partial charge >= 0.3 is 0 Å². The highest BCUT2D eigenvalue weighted by Gasteiger charge is 2.61. The molecule has 0 amide bonds. The smallest absolute Gasteiger partial charge is 0.155 e. The standard InChI is InChI=1S/C58H55NO/c1-56(2)28-29-57(3,4)52-36-48(26-27-49(52)56)59(47-24-22-41(23-25-47)40-16-18-42(19-17-40)44-21-20-39-10-5-6-11-43(39)35-44)53-14-9-13-51-55(53)60-54-15-8-7-12-50(54)58(51)45-31-37-30-38(33-45)34-46(58)32-37/h5-27,35-38,45-46H,28-34H2,1-4H3. The maximum Gasteiger partial charge on any atom is 0.155 e. The van der Waals surface area contributed by atoms with Crippen LogP contribution in [0.25, 0.3) is 33.0 Å². The van der Waals surface area contributed by atoms with Crippen LogP contribution in [0.3, 0.4) is 0 Å².